The summed E-state index contributed by atoms with van der Waals surface area (Å²) in [6, 6.07) is 4.34. The molecule has 0 bridgehead atoms. The number of Topliss-reactive ketones (excluding diaryl/α,β-unsaturated/α-hetero) is 1. The molecule has 1 aromatic rings. The highest BCUT2D eigenvalue weighted by Crippen LogP contribution is 2.24. The Hall–Kier alpha value is -1.20. The van der Waals surface area contributed by atoms with Crippen molar-refractivity contribution in [2.24, 2.45) is 0 Å². The van der Waals surface area contributed by atoms with Gasteiger partial charge in [0.05, 0.1) is 4.90 Å². The molecule has 0 amide bonds. The standard InChI is InChI=1S/C11H14O4S/c1-7(2)10-5-4-9(8(3)12)6-11(10)16(13,14)15/h4-7H,1-3H3,(H,13,14,15). The molecule has 4 nitrogen and oxygen atoms in total. The van der Waals surface area contributed by atoms with Crippen LogP contribution in [0.4, 0.5) is 0 Å². The summed E-state index contributed by atoms with van der Waals surface area (Å²) >= 11 is 0. The van der Waals surface area contributed by atoms with E-state index in [1.165, 1.54) is 13.0 Å². The van der Waals surface area contributed by atoms with Crippen LogP contribution >= 0.6 is 0 Å². The predicted molar refractivity (Wildman–Crippen MR) is 60.4 cm³/mol. The van der Waals surface area contributed by atoms with E-state index in [0.717, 1.165) is 0 Å². The number of hydrogen-bond donors (Lipinski definition) is 1. The van der Waals surface area contributed by atoms with E-state index >= 15 is 0 Å². The summed E-state index contributed by atoms with van der Waals surface area (Å²) in [5.41, 5.74) is 0.782. The van der Waals surface area contributed by atoms with E-state index in [1.54, 1.807) is 12.1 Å². The van der Waals surface area contributed by atoms with Gasteiger partial charge in [-0.25, -0.2) is 0 Å². The monoisotopic (exact) mass is 242 g/mol. The summed E-state index contributed by atoms with van der Waals surface area (Å²) in [4.78, 5) is 10.9. The van der Waals surface area contributed by atoms with Gasteiger partial charge in [0.1, 0.15) is 0 Å². The fraction of sp³-hybridized carbons (Fsp3) is 0.364. The highest BCUT2D eigenvalue weighted by molar-refractivity contribution is 7.85. The molecule has 88 valence electrons. The van der Waals surface area contributed by atoms with Crippen LogP contribution in [-0.2, 0) is 10.1 Å². The first-order valence-electron chi connectivity index (χ1n) is 4.86. The number of carbonyl (C=O) groups excluding carboxylic acids is 1. The molecule has 1 rings (SSSR count). The highest BCUT2D eigenvalue weighted by atomic mass is 32.2. The number of rotatable bonds is 3. The van der Waals surface area contributed by atoms with Gasteiger partial charge in [0, 0.05) is 5.56 Å². The van der Waals surface area contributed by atoms with Gasteiger partial charge in [-0.05, 0) is 24.5 Å². The van der Waals surface area contributed by atoms with E-state index in [4.69, 9.17) is 4.55 Å². The van der Waals surface area contributed by atoms with Gasteiger partial charge in [-0.1, -0.05) is 26.0 Å². The lowest BCUT2D eigenvalue weighted by atomic mass is 10.0. The number of carbonyl (C=O) groups is 1. The summed E-state index contributed by atoms with van der Waals surface area (Å²) in [6.07, 6.45) is 0. The Morgan fingerprint density at radius 2 is 1.88 bits per heavy atom. The number of benzene rings is 1. The molecule has 0 heterocycles. The summed E-state index contributed by atoms with van der Waals surface area (Å²) < 4.78 is 31.4. The summed E-state index contributed by atoms with van der Waals surface area (Å²) in [7, 11) is -4.29. The first-order valence-corrected chi connectivity index (χ1v) is 6.30. The van der Waals surface area contributed by atoms with Crippen LogP contribution in [0, 0.1) is 0 Å². The Bertz CT molecular complexity index is 515. The van der Waals surface area contributed by atoms with Crippen molar-refractivity contribution in [1.29, 1.82) is 0 Å². The second-order valence-electron chi connectivity index (χ2n) is 3.94. The van der Waals surface area contributed by atoms with E-state index < -0.39 is 10.1 Å². The first-order chi connectivity index (χ1) is 7.23. The van der Waals surface area contributed by atoms with Gasteiger partial charge in [0.2, 0.25) is 0 Å². The molecule has 0 spiro atoms. The van der Waals surface area contributed by atoms with Crippen molar-refractivity contribution >= 4 is 15.9 Å². The van der Waals surface area contributed by atoms with Gasteiger partial charge in [-0.2, -0.15) is 8.42 Å². The predicted octanol–water partition coefficient (Wildman–Crippen LogP) is 2.26. The molecule has 0 fully saturated rings. The topological polar surface area (TPSA) is 71.4 Å². The van der Waals surface area contributed by atoms with Crippen LogP contribution in [0.2, 0.25) is 0 Å². The van der Waals surface area contributed by atoms with Crippen molar-refractivity contribution < 1.29 is 17.8 Å². The van der Waals surface area contributed by atoms with Gasteiger partial charge in [0.25, 0.3) is 10.1 Å². The average Bonchev–Trinajstić information content (AvgIpc) is 2.15. The fourth-order valence-corrected chi connectivity index (χ4v) is 2.33. The second-order valence-corrected chi connectivity index (χ2v) is 5.33. The van der Waals surface area contributed by atoms with Crippen molar-refractivity contribution in [3.63, 3.8) is 0 Å². The zero-order valence-electron chi connectivity index (χ0n) is 9.39. The van der Waals surface area contributed by atoms with Crippen molar-refractivity contribution in [3.8, 4) is 0 Å². The molecule has 1 N–H and O–H groups in total. The van der Waals surface area contributed by atoms with E-state index in [9.17, 15) is 13.2 Å². The largest absolute Gasteiger partial charge is 0.295 e. The zero-order chi connectivity index (χ0) is 12.5. The number of hydrogen-bond acceptors (Lipinski definition) is 3. The molecular formula is C11H14O4S. The molecule has 0 aromatic heterocycles. The van der Waals surface area contributed by atoms with Crippen LogP contribution in [0.1, 0.15) is 42.6 Å². The molecule has 0 atom stereocenters. The molecule has 1 aromatic carbocycles. The lowest BCUT2D eigenvalue weighted by molar-refractivity contribution is 0.101. The van der Waals surface area contributed by atoms with Gasteiger partial charge in [0.15, 0.2) is 5.78 Å². The maximum Gasteiger partial charge on any atom is 0.294 e. The van der Waals surface area contributed by atoms with Crippen LogP contribution in [0.3, 0.4) is 0 Å². The Kier molecular flexibility index (Phi) is 3.50. The quantitative estimate of drug-likeness (QED) is 0.652. The normalized spacial score (nSPS) is 11.8. The van der Waals surface area contributed by atoms with Gasteiger partial charge >= 0.3 is 0 Å². The van der Waals surface area contributed by atoms with Gasteiger partial charge < -0.3 is 0 Å². The summed E-state index contributed by atoms with van der Waals surface area (Å²) in [5, 5.41) is 0. The van der Waals surface area contributed by atoms with Crippen LogP contribution < -0.4 is 0 Å². The zero-order valence-corrected chi connectivity index (χ0v) is 10.2. The molecule has 16 heavy (non-hydrogen) atoms. The first kappa shape index (κ1) is 12.9. The molecular weight excluding hydrogens is 228 g/mol. The van der Waals surface area contributed by atoms with E-state index in [1.807, 2.05) is 13.8 Å². The SMILES string of the molecule is CC(=O)c1ccc(C(C)C)c(S(=O)(=O)O)c1. The molecule has 0 radical (unpaired) electrons. The minimum Gasteiger partial charge on any atom is -0.295 e. The van der Waals surface area contributed by atoms with E-state index in [2.05, 4.69) is 0 Å². The van der Waals surface area contributed by atoms with Crippen molar-refractivity contribution in [2.75, 3.05) is 0 Å². The molecule has 0 saturated carbocycles. The van der Waals surface area contributed by atoms with Crippen molar-refractivity contribution in [3.05, 3.63) is 29.3 Å². The molecule has 0 aliphatic rings. The minimum atomic E-state index is -4.29. The Morgan fingerprint density at radius 3 is 2.25 bits per heavy atom. The Balaban J connectivity index is 3.51. The molecule has 5 heteroatoms. The van der Waals surface area contributed by atoms with Crippen LogP contribution in [0.5, 0.6) is 0 Å². The summed E-state index contributed by atoms with van der Waals surface area (Å²) in [5.74, 6) is -0.280. The van der Waals surface area contributed by atoms with Crippen LogP contribution in [0.25, 0.3) is 0 Å². The minimum absolute atomic E-state index is 0.0436. The second kappa shape index (κ2) is 4.35. The van der Waals surface area contributed by atoms with Crippen molar-refractivity contribution in [2.45, 2.75) is 31.6 Å². The Morgan fingerprint density at radius 1 is 1.31 bits per heavy atom. The highest BCUT2D eigenvalue weighted by Gasteiger charge is 2.18. The van der Waals surface area contributed by atoms with E-state index in [-0.39, 0.29) is 22.2 Å². The third-order valence-corrected chi connectivity index (χ3v) is 3.23. The molecule has 0 aliphatic heterocycles. The van der Waals surface area contributed by atoms with Gasteiger partial charge in [-0.15, -0.1) is 0 Å². The average molecular weight is 242 g/mol. The lowest BCUT2D eigenvalue weighted by Crippen LogP contribution is -2.06. The summed E-state index contributed by atoms with van der Waals surface area (Å²) in [6.45, 7) is 4.98. The maximum absolute atomic E-state index is 11.2. The maximum atomic E-state index is 11.2. The van der Waals surface area contributed by atoms with Crippen LogP contribution in [0.15, 0.2) is 23.1 Å². The Labute approximate surface area is 95.0 Å². The fourth-order valence-electron chi connectivity index (χ4n) is 1.45. The lowest BCUT2D eigenvalue weighted by Gasteiger charge is -2.11. The van der Waals surface area contributed by atoms with Crippen molar-refractivity contribution in [1.82, 2.24) is 0 Å². The molecule has 0 saturated heterocycles. The number of ketones is 1. The van der Waals surface area contributed by atoms with Crippen LogP contribution in [-0.4, -0.2) is 18.8 Å². The molecule has 0 unspecified atom stereocenters. The smallest absolute Gasteiger partial charge is 0.294 e. The third kappa shape index (κ3) is 2.68. The molecule has 0 aliphatic carbocycles. The van der Waals surface area contributed by atoms with E-state index in [0.29, 0.717) is 5.56 Å². The third-order valence-electron chi connectivity index (χ3n) is 2.32. The van der Waals surface area contributed by atoms with Gasteiger partial charge in [-0.3, -0.25) is 9.35 Å².